The van der Waals surface area contributed by atoms with Gasteiger partial charge in [0.05, 0.1) is 12.2 Å². The van der Waals surface area contributed by atoms with Crippen LogP contribution in [-0.4, -0.2) is 11.5 Å². The number of oxazole rings is 1. The first kappa shape index (κ1) is 13.1. The maximum atomic E-state index is 5.86. The molecule has 0 saturated carbocycles. The number of halogens is 1. The van der Waals surface area contributed by atoms with Crippen molar-refractivity contribution in [3.8, 4) is 11.3 Å². The fraction of sp³-hybridized carbons (Fsp3) is 0.357. The molecule has 0 aliphatic rings. The molecule has 0 spiro atoms. The molecule has 2 aromatic rings. The number of aromatic nitrogens is 1. The van der Waals surface area contributed by atoms with E-state index in [0.29, 0.717) is 5.89 Å². The van der Waals surface area contributed by atoms with Gasteiger partial charge in [-0.2, -0.15) is 0 Å². The lowest BCUT2D eigenvalue weighted by atomic mass is 10.2. The minimum absolute atomic E-state index is 0.131. The Morgan fingerprint density at radius 3 is 2.72 bits per heavy atom. The fourth-order valence-corrected chi connectivity index (χ4v) is 1.81. The van der Waals surface area contributed by atoms with Crippen LogP contribution >= 0.6 is 11.6 Å². The van der Waals surface area contributed by atoms with Gasteiger partial charge in [0, 0.05) is 10.6 Å². The molecule has 0 radical (unpaired) electrons. The molecule has 0 saturated heterocycles. The zero-order valence-corrected chi connectivity index (χ0v) is 11.4. The summed E-state index contributed by atoms with van der Waals surface area (Å²) in [6, 6.07) is 7.68. The van der Waals surface area contributed by atoms with E-state index >= 15 is 0 Å². The third kappa shape index (κ3) is 3.12. The Morgan fingerprint density at radius 1 is 1.33 bits per heavy atom. The van der Waals surface area contributed by atoms with Crippen molar-refractivity contribution in [1.82, 2.24) is 10.3 Å². The highest BCUT2D eigenvalue weighted by Gasteiger charge is 2.12. The van der Waals surface area contributed by atoms with E-state index in [1.165, 1.54) is 0 Å². The van der Waals surface area contributed by atoms with Gasteiger partial charge in [0.2, 0.25) is 5.89 Å². The maximum absolute atomic E-state index is 5.86. The third-order valence-corrected chi connectivity index (χ3v) is 2.98. The van der Waals surface area contributed by atoms with E-state index in [1.807, 2.05) is 31.2 Å². The second-order valence-electron chi connectivity index (χ2n) is 4.25. The van der Waals surface area contributed by atoms with Gasteiger partial charge in [-0.3, -0.25) is 0 Å². The molecule has 0 fully saturated rings. The monoisotopic (exact) mass is 264 g/mol. The molecule has 0 aliphatic heterocycles. The van der Waals surface area contributed by atoms with Gasteiger partial charge < -0.3 is 9.73 Å². The smallest absolute Gasteiger partial charge is 0.211 e. The van der Waals surface area contributed by atoms with Gasteiger partial charge in [-0.15, -0.1) is 0 Å². The average Bonchev–Trinajstić information content (AvgIpc) is 2.86. The lowest BCUT2D eigenvalue weighted by Crippen LogP contribution is -2.19. The first-order chi connectivity index (χ1) is 8.70. The quantitative estimate of drug-likeness (QED) is 0.885. The number of benzene rings is 1. The molecule has 0 bridgehead atoms. The Balaban J connectivity index is 2.12. The topological polar surface area (TPSA) is 38.1 Å². The summed E-state index contributed by atoms with van der Waals surface area (Å²) >= 11 is 5.86. The minimum atomic E-state index is 0.131. The van der Waals surface area contributed by atoms with Gasteiger partial charge in [-0.05, 0) is 44.2 Å². The van der Waals surface area contributed by atoms with Gasteiger partial charge >= 0.3 is 0 Å². The van der Waals surface area contributed by atoms with Gasteiger partial charge in [0.1, 0.15) is 0 Å². The van der Waals surface area contributed by atoms with Gasteiger partial charge in [0.15, 0.2) is 5.76 Å². The number of hydrogen-bond acceptors (Lipinski definition) is 3. The molecule has 3 nitrogen and oxygen atoms in total. The normalized spacial score (nSPS) is 12.6. The van der Waals surface area contributed by atoms with Crippen molar-refractivity contribution in [3.63, 3.8) is 0 Å². The molecule has 1 aromatic heterocycles. The van der Waals surface area contributed by atoms with E-state index in [2.05, 4.69) is 17.2 Å². The van der Waals surface area contributed by atoms with Crippen LogP contribution in [0.4, 0.5) is 0 Å². The zero-order valence-electron chi connectivity index (χ0n) is 10.6. The highest BCUT2D eigenvalue weighted by atomic mass is 35.5. The van der Waals surface area contributed by atoms with Crippen LogP contribution in [0.25, 0.3) is 11.3 Å². The molecule has 0 aliphatic carbocycles. The Hall–Kier alpha value is -1.32. The molecular weight excluding hydrogens is 248 g/mol. The van der Waals surface area contributed by atoms with Crippen LogP contribution in [-0.2, 0) is 0 Å². The Bertz CT molecular complexity index is 493. The summed E-state index contributed by atoms with van der Waals surface area (Å²) in [5, 5.41) is 4.06. The highest BCUT2D eigenvalue weighted by molar-refractivity contribution is 6.30. The van der Waals surface area contributed by atoms with Crippen molar-refractivity contribution in [3.05, 3.63) is 41.4 Å². The largest absolute Gasteiger partial charge is 0.439 e. The molecule has 96 valence electrons. The fourth-order valence-electron chi connectivity index (χ4n) is 1.68. The lowest BCUT2D eigenvalue weighted by molar-refractivity contribution is 0.423. The molecular formula is C14H17ClN2O. The molecule has 2 rings (SSSR count). The summed E-state index contributed by atoms with van der Waals surface area (Å²) in [5.74, 6) is 1.49. The number of rotatable bonds is 5. The highest BCUT2D eigenvalue weighted by Crippen LogP contribution is 2.24. The molecule has 18 heavy (non-hydrogen) atoms. The molecule has 1 heterocycles. The Labute approximate surface area is 112 Å². The van der Waals surface area contributed by atoms with Crippen molar-refractivity contribution in [1.29, 1.82) is 0 Å². The second-order valence-corrected chi connectivity index (χ2v) is 4.68. The van der Waals surface area contributed by atoms with Crippen molar-refractivity contribution in [2.24, 2.45) is 0 Å². The molecule has 1 atom stereocenters. The van der Waals surface area contributed by atoms with Crippen LogP contribution in [0.3, 0.4) is 0 Å². The summed E-state index contributed by atoms with van der Waals surface area (Å²) in [6.45, 7) is 5.14. The molecule has 1 N–H and O–H groups in total. The van der Waals surface area contributed by atoms with Gasteiger partial charge in [-0.25, -0.2) is 4.98 Å². The van der Waals surface area contributed by atoms with Gasteiger partial charge in [-0.1, -0.05) is 18.5 Å². The van der Waals surface area contributed by atoms with Crippen LogP contribution in [0, 0.1) is 0 Å². The van der Waals surface area contributed by atoms with Crippen LogP contribution in [0.5, 0.6) is 0 Å². The SMILES string of the molecule is CCCNC(C)c1ncc(-c2ccc(Cl)cc2)o1. The van der Waals surface area contributed by atoms with Crippen LogP contribution in [0.2, 0.25) is 5.02 Å². The summed E-state index contributed by atoms with van der Waals surface area (Å²) in [4.78, 5) is 4.31. The molecule has 0 amide bonds. The van der Waals surface area contributed by atoms with Crippen molar-refractivity contribution in [2.75, 3.05) is 6.54 Å². The standard InChI is InChI=1S/C14H17ClN2O/c1-3-8-16-10(2)14-17-9-13(18-14)11-4-6-12(15)7-5-11/h4-7,9-10,16H,3,8H2,1-2H3. The number of hydrogen-bond donors (Lipinski definition) is 1. The van der Waals surface area contributed by atoms with E-state index in [1.54, 1.807) is 6.20 Å². The zero-order chi connectivity index (χ0) is 13.0. The Morgan fingerprint density at radius 2 is 2.06 bits per heavy atom. The van der Waals surface area contributed by atoms with E-state index in [9.17, 15) is 0 Å². The number of nitrogens with one attached hydrogen (secondary N) is 1. The summed E-state index contributed by atoms with van der Waals surface area (Å²) in [5.41, 5.74) is 0.987. The van der Waals surface area contributed by atoms with Crippen LogP contribution in [0.15, 0.2) is 34.9 Å². The predicted molar refractivity (Wildman–Crippen MR) is 73.7 cm³/mol. The van der Waals surface area contributed by atoms with Crippen molar-refractivity contribution in [2.45, 2.75) is 26.3 Å². The first-order valence-electron chi connectivity index (χ1n) is 6.15. The molecule has 1 unspecified atom stereocenters. The van der Waals surface area contributed by atoms with E-state index in [0.717, 1.165) is 29.3 Å². The van der Waals surface area contributed by atoms with Gasteiger partial charge in [0.25, 0.3) is 0 Å². The van der Waals surface area contributed by atoms with Crippen molar-refractivity contribution >= 4 is 11.6 Å². The second kappa shape index (κ2) is 6.03. The van der Waals surface area contributed by atoms with Crippen molar-refractivity contribution < 1.29 is 4.42 Å². The first-order valence-corrected chi connectivity index (χ1v) is 6.53. The summed E-state index contributed by atoms with van der Waals surface area (Å²) in [7, 11) is 0. The van der Waals surface area contributed by atoms with Crippen LogP contribution < -0.4 is 5.32 Å². The average molecular weight is 265 g/mol. The predicted octanol–water partition coefficient (Wildman–Crippen LogP) is 4.06. The summed E-state index contributed by atoms with van der Waals surface area (Å²) < 4.78 is 5.75. The van der Waals surface area contributed by atoms with E-state index < -0.39 is 0 Å². The number of nitrogens with zero attached hydrogens (tertiary/aromatic N) is 1. The van der Waals surface area contributed by atoms with E-state index in [4.69, 9.17) is 16.0 Å². The lowest BCUT2D eigenvalue weighted by Gasteiger charge is -2.08. The summed E-state index contributed by atoms with van der Waals surface area (Å²) in [6.07, 6.45) is 2.85. The van der Waals surface area contributed by atoms with E-state index in [-0.39, 0.29) is 6.04 Å². The third-order valence-electron chi connectivity index (χ3n) is 2.72. The van der Waals surface area contributed by atoms with Crippen LogP contribution in [0.1, 0.15) is 32.2 Å². The molecule has 1 aromatic carbocycles. The Kier molecular flexibility index (Phi) is 4.39. The minimum Gasteiger partial charge on any atom is -0.439 e. The molecule has 4 heteroatoms. The maximum Gasteiger partial charge on any atom is 0.211 e.